The Kier molecular flexibility index (Phi) is 7.79. The fourth-order valence-electron chi connectivity index (χ4n) is 2.08. The molecular formula is C18H22ClN3OS. The molecule has 2 aromatic carbocycles. The average molecular weight is 364 g/mol. The van der Waals surface area contributed by atoms with Gasteiger partial charge in [-0.25, -0.2) is 4.99 Å². The molecule has 2 aromatic rings. The Morgan fingerprint density at radius 1 is 1.08 bits per heavy atom. The van der Waals surface area contributed by atoms with Gasteiger partial charge in [-0.2, -0.15) is 0 Å². The van der Waals surface area contributed by atoms with Gasteiger partial charge in [0.1, 0.15) is 0 Å². The van der Waals surface area contributed by atoms with Crippen LogP contribution in [-0.4, -0.2) is 29.0 Å². The second-order valence-corrected chi connectivity index (χ2v) is 7.05. The van der Waals surface area contributed by atoms with Crippen molar-refractivity contribution in [2.45, 2.75) is 18.4 Å². The maximum Gasteiger partial charge on any atom is 0.191 e. The second kappa shape index (κ2) is 10.1. The summed E-state index contributed by atoms with van der Waals surface area (Å²) in [5, 5.41) is 7.11. The molecule has 0 heterocycles. The predicted molar refractivity (Wildman–Crippen MR) is 102 cm³/mol. The molecule has 0 aliphatic heterocycles. The molecule has 1 unspecified atom stereocenters. The van der Waals surface area contributed by atoms with Crippen LogP contribution in [0.1, 0.15) is 12.5 Å². The first kappa shape index (κ1) is 18.5. The highest BCUT2D eigenvalue weighted by Gasteiger charge is 2.04. The van der Waals surface area contributed by atoms with Crippen LogP contribution in [0.3, 0.4) is 0 Å². The molecule has 2 rings (SSSR count). The molecule has 128 valence electrons. The summed E-state index contributed by atoms with van der Waals surface area (Å²) in [7, 11) is -1.01. The standard InChI is InChI=1S/C18H22ClN3OS/c1-2-20-18(22-14-15-8-6-7-11-17(15)19)21-12-13-24(23)16-9-4-3-5-10-16/h3-11H,2,12-14H2,1H3,(H2,20,21,22). The van der Waals surface area contributed by atoms with Crippen LogP contribution < -0.4 is 10.6 Å². The molecule has 0 fully saturated rings. The van der Waals surface area contributed by atoms with Crippen LogP contribution >= 0.6 is 11.6 Å². The van der Waals surface area contributed by atoms with Crippen LogP contribution in [0.25, 0.3) is 0 Å². The van der Waals surface area contributed by atoms with Crippen LogP contribution in [0, 0.1) is 0 Å². The lowest BCUT2D eigenvalue weighted by Crippen LogP contribution is -2.39. The summed E-state index contributed by atoms with van der Waals surface area (Å²) in [5.41, 5.74) is 0.976. The van der Waals surface area contributed by atoms with Crippen LogP contribution in [0.15, 0.2) is 64.5 Å². The van der Waals surface area contributed by atoms with E-state index in [-0.39, 0.29) is 0 Å². The third-order valence-electron chi connectivity index (χ3n) is 3.30. The third kappa shape index (κ3) is 5.98. The lowest BCUT2D eigenvalue weighted by Gasteiger charge is -2.11. The molecule has 0 amide bonds. The summed E-state index contributed by atoms with van der Waals surface area (Å²) in [6.07, 6.45) is 0. The van der Waals surface area contributed by atoms with Crippen LogP contribution in [0.2, 0.25) is 5.02 Å². The smallest absolute Gasteiger partial charge is 0.191 e. The molecule has 2 N–H and O–H groups in total. The van der Waals surface area contributed by atoms with E-state index in [0.717, 1.165) is 17.0 Å². The van der Waals surface area contributed by atoms with Gasteiger partial charge in [0.15, 0.2) is 5.96 Å². The summed E-state index contributed by atoms with van der Waals surface area (Å²) in [6, 6.07) is 17.1. The summed E-state index contributed by atoms with van der Waals surface area (Å²) >= 11 is 6.15. The van der Waals surface area contributed by atoms with Gasteiger partial charge in [-0.05, 0) is 30.7 Å². The number of rotatable bonds is 7. The van der Waals surface area contributed by atoms with Gasteiger partial charge in [-0.3, -0.25) is 4.21 Å². The molecule has 0 aromatic heterocycles. The van der Waals surface area contributed by atoms with Crippen molar-refractivity contribution in [3.63, 3.8) is 0 Å². The number of nitrogens with zero attached hydrogens (tertiary/aromatic N) is 1. The third-order valence-corrected chi connectivity index (χ3v) is 5.04. The number of benzene rings is 2. The van der Waals surface area contributed by atoms with Gasteiger partial charge in [0, 0.05) is 28.8 Å². The number of nitrogens with one attached hydrogen (secondary N) is 2. The predicted octanol–water partition coefficient (Wildman–Crippen LogP) is 3.20. The summed E-state index contributed by atoms with van der Waals surface area (Å²) in [5.74, 6) is 1.23. The monoisotopic (exact) mass is 363 g/mol. The SMILES string of the molecule is CCNC(=NCc1ccccc1Cl)NCCS(=O)c1ccccc1. The number of hydrogen-bond acceptors (Lipinski definition) is 2. The molecule has 0 saturated carbocycles. The topological polar surface area (TPSA) is 53.5 Å². The Labute approximate surface area is 150 Å². The Bertz CT molecular complexity index is 692. The van der Waals surface area contributed by atoms with E-state index in [2.05, 4.69) is 15.6 Å². The van der Waals surface area contributed by atoms with Crippen molar-refractivity contribution in [1.82, 2.24) is 10.6 Å². The van der Waals surface area contributed by atoms with Crippen LogP contribution in [-0.2, 0) is 17.3 Å². The van der Waals surface area contributed by atoms with E-state index >= 15 is 0 Å². The van der Waals surface area contributed by atoms with E-state index in [4.69, 9.17) is 11.6 Å². The molecule has 0 radical (unpaired) electrons. The van der Waals surface area contributed by atoms with E-state index in [1.165, 1.54) is 0 Å². The Balaban J connectivity index is 1.88. The molecule has 0 saturated heterocycles. The first-order chi connectivity index (χ1) is 11.7. The lowest BCUT2D eigenvalue weighted by molar-refractivity contribution is 0.681. The highest BCUT2D eigenvalue weighted by atomic mass is 35.5. The van der Waals surface area contributed by atoms with Gasteiger partial charge in [0.2, 0.25) is 0 Å². The zero-order valence-electron chi connectivity index (χ0n) is 13.7. The molecule has 0 spiro atoms. The van der Waals surface area contributed by atoms with Gasteiger partial charge in [-0.1, -0.05) is 48.0 Å². The van der Waals surface area contributed by atoms with E-state index < -0.39 is 10.8 Å². The zero-order valence-corrected chi connectivity index (χ0v) is 15.2. The zero-order chi connectivity index (χ0) is 17.2. The first-order valence-corrected chi connectivity index (χ1v) is 9.59. The van der Waals surface area contributed by atoms with Crippen molar-refractivity contribution in [1.29, 1.82) is 0 Å². The van der Waals surface area contributed by atoms with E-state index in [1.54, 1.807) is 0 Å². The maximum atomic E-state index is 12.2. The van der Waals surface area contributed by atoms with Crippen molar-refractivity contribution in [3.05, 3.63) is 65.2 Å². The first-order valence-electron chi connectivity index (χ1n) is 7.89. The number of aliphatic imine (C=N–C) groups is 1. The summed E-state index contributed by atoms with van der Waals surface area (Å²) in [4.78, 5) is 5.37. The van der Waals surface area contributed by atoms with Crippen LogP contribution in [0.4, 0.5) is 0 Å². The largest absolute Gasteiger partial charge is 0.357 e. The summed E-state index contributed by atoms with van der Waals surface area (Å²) in [6.45, 7) is 3.84. The highest BCUT2D eigenvalue weighted by molar-refractivity contribution is 7.85. The van der Waals surface area contributed by atoms with Crippen molar-refractivity contribution in [2.24, 2.45) is 4.99 Å². The molecule has 4 nitrogen and oxygen atoms in total. The Morgan fingerprint density at radius 2 is 1.79 bits per heavy atom. The molecule has 0 aliphatic carbocycles. The van der Waals surface area contributed by atoms with E-state index in [9.17, 15) is 4.21 Å². The maximum absolute atomic E-state index is 12.2. The van der Waals surface area contributed by atoms with Crippen molar-refractivity contribution >= 4 is 28.4 Å². The van der Waals surface area contributed by atoms with E-state index in [0.29, 0.717) is 29.8 Å². The van der Waals surface area contributed by atoms with Gasteiger partial charge in [-0.15, -0.1) is 0 Å². The van der Waals surface area contributed by atoms with Gasteiger partial charge in [0.05, 0.1) is 17.3 Å². The van der Waals surface area contributed by atoms with E-state index in [1.807, 2.05) is 61.5 Å². The van der Waals surface area contributed by atoms with Gasteiger partial charge < -0.3 is 10.6 Å². The minimum absolute atomic E-state index is 0.497. The highest BCUT2D eigenvalue weighted by Crippen LogP contribution is 2.15. The second-order valence-electron chi connectivity index (χ2n) is 5.08. The lowest BCUT2D eigenvalue weighted by atomic mass is 10.2. The van der Waals surface area contributed by atoms with Gasteiger partial charge in [0.25, 0.3) is 0 Å². The molecule has 0 bridgehead atoms. The normalized spacial score (nSPS) is 12.7. The van der Waals surface area contributed by atoms with Crippen molar-refractivity contribution < 1.29 is 4.21 Å². The van der Waals surface area contributed by atoms with Gasteiger partial charge >= 0.3 is 0 Å². The fraction of sp³-hybridized carbons (Fsp3) is 0.278. The Morgan fingerprint density at radius 3 is 2.50 bits per heavy atom. The number of guanidine groups is 1. The fourth-order valence-corrected chi connectivity index (χ4v) is 3.26. The minimum Gasteiger partial charge on any atom is -0.357 e. The van der Waals surface area contributed by atoms with Crippen molar-refractivity contribution in [2.75, 3.05) is 18.8 Å². The quantitative estimate of drug-likeness (QED) is 0.586. The van der Waals surface area contributed by atoms with Crippen LogP contribution in [0.5, 0.6) is 0 Å². The molecular weight excluding hydrogens is 342 g/mol. The average Bonchev–Trinajstić information content (AvgIpc) is 2.61. The minimum atomic E-state index is -1.01. The number of halogens is 1. The molecule has 6 heteroatoms. The summed E-state index contributed by atoms with van der Waals surface area (Å²) < 4.78 is 12.2. The Hall–Kier alpha value is -1.85. The molecule has 24 heavy (non-hydrogen) atoms. The van der Waals surface area contributed by atoms with Crippen molar-refractivity contribution in [3.8, 4) is 0 Å². The molecule has 1 atom stereocenters. The number of hydrogen-bond donors (Lipinski definition) is 2. The molecule has 0 aliphatic rings.